The number of piperazine rings is 1. The van der Waals surface area contributed by atoms with Gasteiger partial charge in [0.15, 0.2) is 28.9 Å². The third-order valence-electron chi connectivity index (χ3n) is 4.77. The topological polar surface area (TPSA) is 32.8 Å². The molecule has 10 heteroatoms. The van der Waals surface area contributed by atoms with Gasteiger partial charge in [0.1, 0.15) is 16.5 Å². The predicted molar refractivity (Wildman–Crippen MR) is 106 cm³/mol. The van der Waals surface area contributed by atoms with Gasteiger partial charge < -0.3 is 14.5 Å². The van der Waals surface area contributed by atoms with Gasteiger partial charge in [-0.15, -0.1) is 0 Å². The molecule has 30 heavy (non-hydrogen) atoms. The highest BCUT2D eigenvalue weighted by Gasteiger charge is 2.37. The highest BCUT2D eigenvalue weighted by atomic mass is 35.5. The van der Waals surface area contributed by atoms with Crippen molar-refractivity contribution in [2.45, 2.75) is 19.4 Å². The Morgan fingerprint density at radius 2 is 1.40 bits per heavy atom. The number of benzene rings is 2. The third kappa shape index (κ3) is 4.30. The van der Waals surface area contributed by atoms with E-state index in [9.17, 15) is 22.4 Å². The lowest BCUT2D eigenvalue weighted by atomic mass is 10.1. The number of anilines is 1. The van der Waals surface area contributed by atoms with E-state index in [-0.39, 0.29) is 32.1 Å². The molecule has 0 bridgehead atoms. The van der Waals surface area contributed by atoms with E-state index in [2.05, 4.69) is 0 Å². The number of hydrogen-bond donors (Lipinski definition) is 0. The maximum atomic E-state index is 14.2. The lowest BCUT2D eigenvalue weighted by molar-refractivity contribution is -0.145. The molecular weight excluding hydrogens is 447 g/mol. The third-order valence-corrected chi connectivity index (χ3v) is 5.36. The molecular formula is C20H18Cl2F4N2O2. The average Bonchev–Trinajstić information content (AvgIpc) is 2.72. The minimum atomic E-state index is -1.65. The summed E-state index contributed by atoms with van der Waals surface area (Å²) in [4.78, 5) is 15.5. The fourth-order valence-corrected chi connectivity index (χ4v) is 3.52. The molecule has 0 spiro atoms. The summed E-state index contributed by atoms with van der Waals surface area (Å²) < 4.78 is 61.6. The summed E-state index contributed by atoms with van der Waals surface area (Å²) >= 11 is 11.1. The van der Waals surface area contributed by atoms with Crippen LogP contribution in [0.1, 0.15) is 13.8 Å². The Morgan fingerprint density at radius 1 is 0.900 bits per heavy atom. The van der Waals surface area contributed by atoms with Gasteiger partial charge >= 0.3 is 0 Å². The molecule has 0 radical (unpaired) electrons. The molecule has 1 amide bonds. The number of ether oxygens (including phenoxy) is 1. The predicted octanol–water partition coefficient (Wildman–Crippen LogP) is 5.06. The number of amides is 1. The van der Waals surface area contributed by atoms with E-state index < -0.39 is 39.6 Å². The van der Waals surface area contributed by atoms with Gasteiger partial charge in [0.2, 0.25) is 0 Å². The first-order valence-corrected chi connectivity index (χ1v) is 9.79. The van der Waals surface area contributed by atoms with Gasteiger partial charge in [-0.05, 0) is 38.1 Å². The second kappa shape index (κ2) is 8.51. The smallest absolute Gasteiger partial charge is 0.266 e. The van der Waals surface area contributed by atoms with Gasteiger partial charge in [-0.2, -0.15) is 0 Å². The Kier molecular flexibility index (Phi) is 6.38. The lowest BCUT2D eigenvalue weighted by Gasteiger charge is -2.39. The largest absolute Gasteiger partial charge is 0.478 e. The van der Waals surface area contributed by atoms with Crippen LogP contribution in [0.5, 0.6) is 5.75 Å². The lowest BCUT2D eigenvalue weighted by Crippen LogP contribution is -2.56. The second-order valence-electron chi connectivity index (χ2n) is 7.26. The van der Waals surface area contributed by atoms with Crippen LogP contribution in [0.4, 0.5) is 23.2 Å². The Morgan fingerprint density at radius 3 is 1.90 bits per heavy atom. The molecule has 162 valence electrons. The number of nitrogens with zero attached hydrogens (tertiary/aromatic N) is 2. The van der Waals surface area contributed by atoms with Gasteiger partial charge in [0.05, 0.1) is 0 Å². The Labute approximate surface area is 180 Å². The summed E-state index contributed by atoms with van der Waals surface area (Å²) in [6, 6.07) is 6.52. The number of carbonyl (C=O) groups is 1. The van der Waals surface area contributed by atoms with Crippen LogP contribution < -0.4 is 9.64 Å². The standard InChI is InChI=1S/C20H18Cl2F4N2O2/c1-20(2,30-12-5-3-11(21)4-6-12)19(29)28-9-7-27(8-10-28)18-16(25)14(23)13(22)15(24)17(18)26/h3-6H,7-10H2,1-2H3. The molecule has 0 aliphatic carbocycles. The van der Waals surface area contributed by atoms with E-state index in [1.165, 1.54) is 4.90 Å². The van der Waals surface area contributed by atoms with Crippen molar-refractivity contribution in [1.82, 2.24) is 4.90 Å². The first-order chi connectivity index (χ1) is 14.0. The minimum Gasteiger partial charge on any atom is -0.478 e. The van der Waals surface area contributed by atoms with E-state index in [0.29, 0.717) is 10.8 Å². The van der Waals surface area contributed by atoms with Gasteiger partial charge in [0, 0.05) is 31.2 Å². The summed E-state index contributed by atoms with van der Waals surface area (Å²) in [6.45, 7) is 3.29. The number of rotatable bonds is 4. The average molecular weight is 465 g/mol. The van der Waals surface area contributed by atoms with Crippen LogP contribution in [0.15, 0.2) is 24.3 Å². The van der Waals surface area contributed by atoms with E-state index in [1.54, 1.807) is 38.1 Å². The van der Waals surface area contributed by atoms with E-state index in [0.717, 1.165) is 4.90 Å². The van der Waals surface area contributed by atoms with Crippen molar-refractivity contribution in [3.8, 4) is 5.75 Å². The quantitative estimate of drug-likeness (QED) is 0.360. The number of hydrogen-bond acceptors (Lipinski definition) is 3. The number of carbonyl (C=O) groups excluding carboxylic acids is 1. The maximum absolute atomic E-state index is 14.2. The molecule has 1 saturated heterocycles. The molecule has 0 aromatic heterocycles. The van der Waals surface area contributed by atoms with Crippen molar-refractivity contribution < 1.29 is 27.1 Å². The molecule has 4 nitrogen and oxygen atoms in total. The van der Waals surface area contributed by atoms with Crippen LogP contribution in [0.25, 0.3) is 0 Å². The Balaban J connectivity index is 1.71. The molecule has 0 atom stereocenters. The van der Waals surface area contributed by atoms with E-state index >= 15 is 0 Å². The van der Waals surface area contributed by atoms with Crippen molar-refractivity contribution in [2.24, 2.45) is 0 Å². The van der Waals surface area contributed by atoms with Crippen LogP contribution in [-0.2, 0) is 4.79 Å². The van der Waals surface area contributed by atoms with Crippen molar-refractivity contribution >= 4 is 34.8 Å². The monoisotopic (exact) mass is 464 g/mol. The van der Waals surface area contributed by atoms with Crippen LogP contribution >= 0.6 is 23.2 Å². The molecule has 1 fully saturated rings. The molecule has 1 heterocycles. The van der Waals surface area contributed by atoms with Gasteiger partial charge in [0.25, 0.3) is 5.91 Å². The van der Waals surface area contributed by atoms with Crippen LogP contribution in [0, 0.1) is 23.3 Å². The van der Waals surface area contributed by atoms with Crippen molar-refractivity contribution in [2.75, 3.05) is 31.1 Å². The van der Waals surface area contributed by atoms with E-state index in [1.807, 2.05) is 0 Å². The first-order valence-electron chi connectivity index (χ1n) is 9.03. The summed E-state index contributed by atoms with van der Waals surface area (Å²) in [6.07, 6.45) is 0. The summed E-state index contributed by atoms with van der Waals surface area (Å²) in [7, 11) is 0. The second-order valence-corrected chi connectivity index (χ2v) is 8.08. The molecule has 1 aliphatic heterocycles. The van der Waals surface area contributed by atoms with Crippen molar-refractivity contribution in [3.05, 3.63) is 57.6 Å². The van der Waals surface area contributed by atoms with Crippen LogP contribution in [0.3, 0.4) is 0 Å². The molecule has 0 unspecified atom stereocenters. The normalized spacial score (nSPS) is 14.8. The zero-order valence-electron chi connectivity index (χ0n) is 16.1. The molecule has 2 aromatic carbocycles. The summed E-state index contributed by atoms with van der Waals surface area (Å²) in [5.74, 6) is -6.32. The first kappa shape index (κ1) is 22.5. The highest BCUT2D eigenvalue weighted by molar-refractivity contribution is 6.31. The van der Waals surface area contributed by atoms with Crippen LogP contribution in [0.2, 0.25) is 10.0 Å². The van der Waals surface area contributed by atoms with Crippen molar-refractivity contribution in [1.29, 1.82) is 0 Å². The Bertz CT molecular complexity index is 933. The maximum Gasteiger partial charge on any atom is 0.266 e. The minimum absolute atomic E-state index is 0.0306. The SMILES string of the molecule is CC(C)(Oc1ccc(Cl)cc1)C(=O)N1CCN(c2c(F)c(F)c(Cl)c(F)c2F)CC1. The fourth-order valence-electron chi connectivity index (χ4n) is 3.23. The summed E-state index contributed by atoms with van der Waals surface area (Å²) in [5, 5.41) is -0.708. The molecule has 1 aliphatic rings. The van der Waals surface area contributed by atoms with Gasteiger partial charge in [-0.25, -0.2) is 17.6 Å². The zero-order chi connectivity index (χ0) is 22.2. The number of halogens is 6. The fraction of sp³-hybridized carbons (Fsp3) is 0.350. The molecule has 3 rings (SSSR count). The molecule has 2 aromatic rings. The molecule has 0 saturated carbocycles. The van der Waals surface area contributed by atoms with Gasteiger partial charge in [-0.3, -0.25) is 4.79 Å². The Hall–Kier alpha value is -2.19. The van der Waals surface area contributed by atoms with Gasteiger partial charge in [-0.1, -0.05) is 23.2 Å². The van der Waals surface area contributed by atoms with Crippen LogP contribution in [-0.4, -0.2) is 42.6 Å². The van der Waals surface area contributed by atoms with E-state index in [4.69, 9.17) is 27.9 Å². The zero-order valence-corrected chi connectivity index (χ0v) is 17.6. The van der Waals surface area contributed by atoms with Crippen molar-refractivity contribution in [3.63, 3.8) is 0 Å². The molecule has 0 N–H and O–H groups in total. The summed E-state index contributed by atoms with van der Waals surface area (Å²) in [5.41, 5.74) is -2.05. The highest BCUT2D eigenvalue weighted by Crippen LogP contribution is 2.34.